The topological polar surface area (TPSA) is 26.3 Å². The van der Waals surface area contributed by atoms with Gasteiger partial charge in [0, 0.05) is 10.8 Å². The molecule has 0 aromatic rings. The molecule has 4 aliphatic carbocycles. The van der Waals surface area contributed by atoms with Gasteiger partial charge in [-0.3, -0.25) is 4.79 Å². The van der Waals surface area contributed by atoms with E-state index in [-0.39, 0.29) is 12.1 Å². The number of esters is 1. The lowest BCUT2D eigenvalue weighted by Crippen LogP contribution is -2.56. The molecular formula is C29H49IO2. The monoisotopic (exact) mass is 556 g/mol. The van der Waals surface area contributed by atoms with E-state index in [0.717, 1.165) is 47.8 Å². The van der Waals surface area contributed by atoms with Gasteiger partial charge in [0.15, 0.2) is 0 Å². The Morgan fingerprint density at radius 2 is 1.72 bits per heavy atom. The molecule has 0 aliphatic heterocycles. The molecule has 0 spiro atoms. The lowest BCUT2D eigenvalue weighted by atomic mass is 9.44. The zero-order chi connectivity index (χ0) is 23.3. The van der Waals surface area contributed by atoms with Crippen LogP contribution < -0.4 is 0 Å². The molecule has 0 radical (unpaired) electrons. The molecule has 0 aromatic heterocycles. The van der Waals surface area contributed by atoms with Crippen molar-refractivity contribution in [3.8, 4) is 0 Å². The van der Waals surface area contributed by atoms with Gasteiger partial charge in [0.05, 0.1) is 0 Å². The van der Waals surface area contributed by atoms with Gasteiger partial charge in [-0.15, -0.1) is 0 Å². The summed E-state index contributed by atoms with van der Waals surface area (Å²) in [5.41, 5.74) is 0.935. The molecule has 4 fully saturated rings. The first-order valence-electron chi connectivity index (χ1n) is 13.9. The van der Waals surface area contributed by atoms with Crippen molar-refractivity contribution in [3.05, 3.63) is 0 Å². The van der Waals surface area contributed by atoms with Crippen LogP contribution >= 0.6 is 22.6 Å². The van der Waals surface area contributed by atoms with Gasteiger partial charge >= 0.3 is 5.97 Å². The van der Waals surface area contributed by atoms with Gasteiger partial charge in [-0.05, 0) is 104 Å². The van der Waals surface area contributed by atoms with Crippen LogP contribution in [0.5, 0.6) is 0 Å². The number of rotatable bonds is 6. The molecule has 4 aliphatic rings. The predicted octanol–water partition coefficient (Wildman–Crippen LogP) is 8.45. The van der Waals surface area contributed by atoms with Crippen LogP contribution in [0.3, 0.4) is 0 Å². The summed E-state index contributed by atoms with van der Waals surface area (Å²) in [6, 6.07) is 0. The van der Waals surface area contributed by atoms with Crippen LogP contribution in [0.2, 0.25) is 0 Å². The lowest BCUT2D eigenvalue weighted by molar-refractivity contribution is -0.161. The Morgan fingerprint density at radius 1 is 1.00 bits per heavy atom. The second kappa shape index (κ2) is 9.69. The van der Waals surface area contributed by atoms with Crippen LogP contribution in [-0.2, 0) is 9.53 Å². The molecule has 0 aromatic carbocycles. The molecular weight excluding hydrogens is 507 g/mol. The summed E-state index contributed by atoms with van der Waals surface area (Å²) in [6.45, 7) is 14.2. The van der Waals surface area contributed by atoms with Gasteiger partial charge in [0.2, 0.25) is 0 Å². The third kappa shape index (κ3) is 4.55. The van der Waals surface area contributed by atoms with E-state index in [2.05, 4.69) is 57.2 Å². The van der Waals surface area contributed by atoms with Crippen LogP contribution in [0, 0.1) is 52.3 Å². The van der Waals surface area contributed by atoms with Crippen molar-refractivity contribution in [2.24, 2.45) is 52.3 Å². The fraction of sp³-hybridized carbons (Fsp3) is 0.966. The summed E-state index contributed by atoms with van der Waals surface area (Å²) in [6.07, 6.45) is 15.4. The Balaban J connectivity index is 1.48. The number of ether oxygens (including phenoxy) is 1. The fourth-order valence-corrected chi connectivity index (χ4v) is 10.6. The average molecular weight is 557 g/mol. The Morgan fingerprint density at radius 3 is 2.41 bits per heavy atom. The summed E-state index contributed by atoms with van der Waals surface area (Å²) in [5.74, 6) is 6.08. The molecule has 4 saturated carbocycles. The normalized spacial score (nSPS) is 46.8. The zero-order valence-corrected chi connectivity index (χ0v) is 23.8. The summed E-state index contributed by atoms with van der Waals surface area (Å²) in [5, 5.41) is 0. The van der Waals surface area contributed by atoms with E-state index in [9.17, 15) is 4.79 Å². The van der Waals surface area contributed by atoms with Crippen LogP contribution in [0.25, 0.3) is 0 Å². The van der Waals surface area contributed by atoms with Gasteiger partial charge in [-0.1, -0.05) is 76.5 Å². The maximum absolute atomic E-state index is 11.8. The van der Waals surface area contributed by atoms with Crippen molar-refractivity contribution in [2.45, 2.75) is 122 Å². The number of hydrogen-bond donors (Lipinski definition) is 0. The number of halogens is 1. The van der Waals surface area contributed by atoms with Crippen LogP contribution in [0.15, 0.2) is 0 Å². The SMILES string of the molecule is CC(=O)O[C@@H]1C[C@@]2(C)[C@@H](CC[C@@H]3[C@@H]2CC[C@]2(C)[C@@H]([C@H](C)CCCC(C)C)CC[C@@H]32)C[C@@H]1I. The van der Waals surface area contributed by atoms with Crippen molar-refractivity contribution in [1.82, 2.24) is 0 Å². The molecule has 0 unspecified atom stereocenters. The average Bonchev–Trinajstić information content (AvgIpc) is 3.05. The van der Waals surface area contributed by atoms with Gasteiger partial charge in [-0.25, -0.2) is 0 Å². The number of carbonyl (C=O) groups excluding carboxylic acids is 1. The number of hydrogen-bond acceptors (Lipinski definition) is 2. The van der Waals surface area contributed by atoms with Crippen molar-refractivity contribution < 1.29 is 9.53 Å². The summed E-state index contributed by atoms with van der Waals surface area (Å²) in [7, 11) is 0. The Hall–Kier alpha value is 0.200. The van der Waals surface area contributed by atoms with Gasteiger partial charge < -0.3 is 4.74 Å². The first-order valence-corrected chi connectivity index (χ1v) is 15.1. The molecule has 0 saturated heterocycles. The largest absolute Gasteiger partial charge is 0.461 e. The van der Waals surface area contributed by atoms with Crippen molar-refractivity contribution >= 4 is 28.6 Å². The van der Waals surface area contributed by atoms with E-state index < -0.39 is 0 Å². The maximum Gasteiger partial charge on any atom is 0.302 e. The van der Waals surface area contributed by atoms with Gasteiger partial charge in [0.25, 0.3) is 0 Å². The molecule has 3 heteroatoms. The highest BCUT2D eigenvalue weighted by Crippen LogP contribution is 2.68. The molecule has 32 heavy (non-hydrogen) atoms. The predicted molar refractivity (Wildman–Crippen MR) is 142 cm³/mol. The van der Waals surface area contributed by atoms with Crippen molar-refractivity contribution in [2.75, 3.05) is 0 Å². The third-order valence-electron chi connectivity index (χ3n) is 11.1. The van der Waals surface area contributed by atoms with Crippen LogP contribution in [0.1, 0.15) is 112 Å². The fourth-order valence-electron chi connectivity index (χ4n) is 9.58. The molecule has 184 valence electrons. The minimum Gasteiger partial charge on any atom is -0.461 e. The third-order valence-corrected chi connectivity index (χ3v) is 12.4. The minimum atomic E-state index is -0.0904. The zero-order valence-electron chi connectivity index (χ0n) is 21.7. The Bertz CT molecular complexity index is 676. The first-order chi connectivity index (χ1) is 15.1. The van der Waals surface area contributed by atoms with Gasteiger partial charge in [-0.2, -0.15) is 0 Å². The first kappa shape index (κ1) is 25.3. The Kier molecular flexibility index (Phi) is 7.66. The second-order valence-electron chi connectivity index (χ2n) is 13.3. The lowest BCUT2D eigenvalue weighted by Gasteiger charge is -2.62. The molecule has 0 heterocycles. The number of alkyl halides is 1. The molecule has 0 amide bonds. The van der Waals surface area contributed by atoms with Crippen molar-refractivity contribution in [3.63, 3.8) is 0 Å². The van der Waals surface area contributed by atoms with E-state index in [4.69, 9.17) is 4.74 Å². The summed E-state index contributed by atoms with van der Waals surface area (Å²) >= 11 is 2.57. The number of fused-ring (bicyclic) bond motifs is 5. The molecule has 10 atom stereocenters. The van der Waals surface area contributed by atoms with Crippen LogP contribution in [0.4, 0.5) is 0 Å². The maximum atomic E-state index is 11.8. The standard InChI is InChI=1S/C29H49IO2/c1-18(2)8-7-9-19(3)23-12-13-24-22-11-10-21-16-26(30)27(32-20(4)31)17-29(21,6)25(22)14-15-28(23,24)5/h18-19,21-27H,7-17H2,1-6H3/t19-,21+,22+,23-,24+,25+,26+,27-,28-,29+/m1/s1. The van der Waals surface area contributed by atoms with E-state index in [0.29, 0.717) is 14.8 Å². The number of carbonyl (C=O) groups is 1. The van der Waals surface area contributed by atoms with Crippen molar-refractivity contribution in [1.29, 1.82) is 0 Å². The van der Waals surface area contributed by atoms with E-state index in [1.54, 1.807) is 6.92 Å². The quantitative estimate of drug-likeness (QED) is 0.186. The molecule has 4 rings (SSSR count). The highest BCUT2D eigenvalue weighted by atomic mass is 127. The summed E-state index contributed by atoms with van der Waals surface area (Å²) < 4.78 is 6.35. The molecule has 2 nitrogen and oxygen atoms in total. The second-order valence-corrected chi connectivity index (χ2v) is 14.9. The molecule has 0 bridgehead atoms. The smallest absolute Gasteiger partial charge is 0.302 e. The minimum absolute atomic E-state index is 0.0904. The highest BCUT2D eigenvalue weighted by molar-refractivity contribution is 14.1. The van der Waals surface area contributed by atoms with E-state index in [1.807, 2.05) is 0 Å². The van der Waals surface area contributed by atoms with Crippen LogP contribution in [-0.4, -0.2) is 16.0 Å². The highest BCUT2D eigenvalue weighted by Gasteiger charge is 2.61. The Labute approximate surface area is 211 Å². The van der Waals surface area contributed by atoms with Gasteiger partial charge in [0.1, 0.15) is 6.10 Å². The molecule has 0 N–H and O–H groups in total. The summed E-state index contributed by atoms with van der Waals surface area (Å²) in [4.78, 5) is 11.8. The van der Waals surface area contributed by atoms with E-state index >= 15 is 0 Å². The van der Waals surface area contributed by atoms with E-state index in [1.165, 1.54) is 64.2 Å².